The monoisotopic (exact) mass is 275 g/mol. The van der Waals surface area contributed by atoms with E-state index < -0.39 is 0 Å². The van der Waals surface area contributed by atoms with Gasteiger partial charge in [0.2, 0.25) is 0 Å². The Bertz CT molecular complexity index is 407. The summed E-state index contributed by atoms with van der Waals surface area (Å²) in [6, 6.07) is 9.12. The summed E-state index contributed by atoms with van der Waals surface area (Å²) in [4.78, 5) is 2.56. The van der Waals surface area contributed by atoms with E-state index in [1.807, 2.05) is 0 Å². The third-order valence-electron chi connectivity index (χ3n) is 3.78. The molecule has 0 saturated heterocycles. The summed E-state index contributed by atoms with van der Waals surface area (Å²) >= 11 is 0. The maximum Gasteiger partial charge on any atom is 0.0244 e. The van der Waals surface area contributed by atoms with Gasteiger partial charge in [-0.15, -0.1) is 0 Å². The SMILES string of the molecule is CC(C)(C)c1ccc(CN(C(C)(C)C)C(C)(C)C)cc1. The van der Waals surface area contributed by atoms with E-state index in [1.54, 1.807) is 0 Å². The van der Waals surface area contributed by atoms with Gasteiger partial charge >= 0.3 is 0 Å². The van der Waals surface area contributed by atoms with Crippen LogP contribution in [0.25, 0.3) is 0 Å². The fourth-order valence-corrected chi connectivity index (χ4v) is 2.77. The molecule has 0 spiro atoms. The Labute approximate surface area is 126 Å². The van der Waals surface area contributed by atoms with E-state index >= 15 is 0 Å². The molecule has 114 valence electrons. The molecule has 0 aliphatic rings. The van der Waals surface area contributed by atoms with Crippen LogP contribution in [0.5, 0.6) is 0 Å². The van der Waals surface area contributed by atoms with Gasteiger partial charge in [0.05, 0.1) is 0 Å². The number of rotatable bonds is 2. The molecule has 1 aromatic carbocycles. The summed E-state index contributed by atoms with van der Waals surface area (Å²) in [5.41, 5.74) is 3.36. The molecule has 0 heterocycles. The van der Waals surface area contributed by atoms with Gasteiger partial charge in [-0.1, -0.05) is 45.0 Å². The highest BCUT2D eigenvalue weighted by Crippen LogP contribution is 2.28. The lowest BCUT2D eigenvalue weighted by Crippen LogP contribution is -2.51. The van der Waals surface area contributed by atoms with Crippen molar-refractivity contribution in [1.29, 1.82) is 0 Å². The summed E-state index contributed by atoms with van der Waals surface area (Å²) in [5, 5.41) is 0. The Kier molecular flexibility index (Phi) is 4.76. The second kappa shape index (κ2) is 5.52. The smallest absolute Gasteiger partial charge is 0.0244 e. The summed E-state index contributed by atoms with van der Waals surface area (Å²) < 4.78 is 0. The van der Waals surface area contributed by atoms with E-state index in [1.165, 1.54) is 11.1 Å². The lowest BCUT2D eigenvalue weighted by Gasteiger charge is -2.45. The number of hydrogen-bond acceptors (Lipinski definition) is 1. The zero-order valence-electron chi connectivity index (χ0n) is 15.0. The fraction of sp³-hybridized carbons (Fsp3) is 0.684. The predicted molar refractivity (Wildman–Crippen MR) is 90.2 cm³/mol. The summed E-state index contributed by atoms with van der Waals surface area (Å²) in [6.45, 7) is 21.5. The first-order valence-electron chi connectivity index (χ1n) is 7.69. The molecular formula is C19H33N. The largest absolute Gasteiger partial charge is 0.289 e. The van der Waals surface area contributed by atoms with Gasteiger partial charge in [0, 0.05) is 17.6 Å². The van der Waals surface area contributed by atoms with Crippen LogP contribution >= 0.6 is 0 Å². The van der Waals surface area contributed by atoms with Crippen molar-refractivity contribution in [3.8, 4) is 0 Å². The normalized spacial score (nSPS) is 13.9. The topological polar surface area (TPSA) is 3.24 Å². The molecule has 20 heavy (non-hydrogen) atoms. The highest BCUT2D eigenvalue weighted by atomic mass is 15.2. The molecular weight excluding hydrogens is 242 g/mol. The van der Waals surface area contributed by atoms with Gasteiger partial charge in [0.1, 0.15) is 0 Å². The third-order valence-corrected chi connectivity index (χ3v) is 3.78. The molecule has 0 bridgehead atoms. The Morgan fingerprint density at radius 3 is 1.40 bits per heavy atom. The molecule has 0 atom stereocenters. The maximum absolute atomic E-state index is 2.56. The van der Waals surface area contributed by atoms with Gasteiger partial charge in [-0.05, 0) is 58.1 Å². The van der Waals surface area contributed by atoms with Crippen molar-refractivity contribution in [2.75, 3.05) is 0 Å². The minimum atomic E-state index is 0.168. The first-order valence-corrected chi connectivity index (χ1v) is 7.69. The molecule has 1 nitrogen and oxygen atoms in total. The quantitative estimate of drug-likeness (QED) is 0.700. The third kappa shape index (κ3) is 4.63. The molecule has 0 unspecified atom stereocenters. The van der Waals surface area contributed by atoms with E-state index in [0.29, 0.717) is 0 Å². The number of hydrogen-bond donors (Lipinski definition) is 0. The molecule has 1 aromatic rings. The molecule has 1 heteroatoms. The van der Waals surface area contributed by atoms with Crippen molar-refractivity contribution in [1.82, 2.24) is 4.90 Å². The minimum absolute atomic E-state index is 0.168. The van der Waals surface area contributed by atoms with Crippen LogP contribution in [0, 0.1) is 0 Å². The molecule has 0 aliphatic carbocycles. The van der Waals surface area contributed by atoms with Crippen LogP contribution in [0.2, 0.25) is 0 Å². The maximum atomic E-state index is 2.56. The van der Waals surface area contributed by atoms with Crippen molar-refractivity contribution in [2.45, 2.75) is 85.4 Å². The lowest BCUT2D eigenvalue weighted by molar-refractivity contribution is 0.0298. The van der Waals surface area contributed by atoms with E-state index in [2.05, 4.69) is 91.5 Å². The van der Waals surface area contributed by atoms with Gasteiger partial charge in [0.25, 0.3) is 0 Å². The second-order valence-electron chi connectivity index (χ2n) is 8.87. The van der Waals surface area contributed by atoms with Crippen LogP contribution in [0.4, 0.5) is 0 Å². The van der Waals surface area contributed by atoms with Crippen molar-refractivity contribution in [2.24, 2.45) is 0 Å². The number of nitrogens with zero attached hydrogens (tertiary/aromatic N) is 1. The lowest BCUT2D eigenvalue weighted by atomic mass is 9.86. The van der Waals surface area contributed by atoms with Gasteiger partial charge in [-0.2, -0.15) is 0 Å². The molecule has 0 saturated carbocycles. The van der Waals surface area contributed by atoms with Crippen LogP contribution in [-0.4, -0.2) is 16.0 Å². The molecule has 0 radical (unpaired) electrons. The Hall–Kier alpha value is -0.820. The van der Waals surface area contributed by atoms with Crippen LogP contribution in [0.15, 0.2) is 24.3 Å². The van der Waals surface area contributed by atoms with Crippen molar-refractivity contribution in [3.63, 3.8) is 0 Å². The van der Waals surface area contributed by atoms with Crippen LogP contribution in [0.3, 0.4) is 0 Å². The first kappa shape index (κ1) is 17.2. The fourth-order valence-electron chi connectivity index (χ4n) is 2.77. The first-order chi connectivity index (χ1) is 8.82. The van der Waals surface area contributed by atoms with Crippen LogP contribution < -0.4 is 0 Å². The molecule has 0 N–H and O–H groups in total. The molecule has 0 aromatic heterocycles. The Morgan fingerprint density at radius 1 is 0.700 bits per heavy atom. The van der Waals surface area contributed by atoms with Crippen molar-refractivity contribution in [3.05, 3.63) is 35.4 Å². The van der Waals surface area contributed by atoms with Gasteiger partial charge in [-0.25, -0.2) is 0 Å². The standard InChI is InChI=1S/C19H33N/c1-17(2,3)16-12-10-15(11-13-16)14-20(18(4,5)6)19(7,8)9/h10-13H,14H2,1-9H3. The van der Waals surface area contributed by atoms with E-state index in [-0.39, 0.29) is 16.5 Å². The Morgan fingerprint density at radius 2 is 1.10 bits per heavy atom. The van der Waals surface area contributed by atoms with Gasteiger partial charge < -0.3 is 0 Å². The zero-order valence-corrected chi connectivity index (χ0v) is 15.0. The average Bonchev–Trinajstić information content (AvgIpc) is 2.22. The predicted octanol–water partition coefficient (Wildman–Crippen LogP) is 5.38. The minimum Gasteiger partial charge on any atom is -0.289 e. The van der Waals surface area contributed by atoms with Crippen LogP contribution in [0.1, 0.15) is 73.4 Å². The van der Waals surface area contributed by atoms with Gasteiger partial charge in [0.15, 0.2) is 0 Å². The average molecular weight is 275 g/mol. The highest BCUT2D eigenvalue weighted by Gasteiger charge is 2.31. The van der Waals surface area contributed by atoms with Crippen LogP contribution in [-0.2, 0) is 12.0 Å². The van der Waals surface area contributed by atoms with E-state index in [0.717, 1.165) is 6.54 Å². The van der Waals surface area contributed by atoms with Crippen molar-refractivity contribution >= 4 is 0 Å². The Balaban J connectivity index is 2.97. The zero-order chi connectivity index (χ0) is 15.8. The molecule has 1 rings (SSSR count). The van der Waals surface area contributed by atoms with E-state index in [4.69, 9.17) is 0 Å². The molecule has 0 fully saturated rings. The van der Waals surface area contributed by atoms with E-state index in [9.17, 15) is 0 Å². The summed E-state index contributed by atoms with van der Waals surface area (Å²) in [7, 11) is 0. The molecule has 0 aliphatic heterocycles. The van der Waals surface area contributed by atoms with Gasteiger partial charge in [-0.3, -0.25) is 4.90 Å². The number of benzene rings is 1. The highest BCUT2D eigenvalue weighted by molar-refractivity contribution is 5.27. The molecule has 0 amide bonds. The summed E-state index contributed by atoms with van der Waals surface area (Å²) in [6.07, 6.45) is 0. The second-order valence-corrected chi connectivity index (χ2v) is 8.87. The van der Waals surface area contributed by atoms with Crippen molar-refractivity contribution < 1.29 is 0 Å². The summed E-state index contributed by atoms with van der Waals surface area (Å²) in [5.74, 6) is 0.